The average molecular weight is 432 g/mol. The summed E-state index contributed by atoms with van der Waals surface area (Å²) in [5.41, 5.74) is 1.83. The van der Waals surface area contributed by atoms with Crippen LogP contribution in [-0.4, -0.2) is 38.9 Å². The van der Waals surface area contributed by atoms with Gasteiger partial charge in [0.1, 0.15) is 11.6 Å². The Balaban J connectivity index is 1.86. The van der Waals surface area contributed by atoms with E-state index >= 15 is 0 Å². The summed E-state index contributed by atoms with van der Waals surface area (Å²) in [6, 6.07) is 2.22. The zero-order valence-electron chi connectivity index (χ0n) is 15.5. The molecule has 0 spiro atoms. The molecule has 0 aromatic carbocycles. The van der Waals surface area contributed by atoms with Crippen molar-refractivity contribution in [1.82, 2.24) is 14.6 Å². The van der Waals surface area contributed by atoms with Crippen LogP contribution in [0.1, 0.15) is 26.2 Å². The Morgan fingerprint density at radius 3 is 3.07 bits per heavy atom. The van der Waals surface area contributed by atoms with Crippen molar-refractivity contribution in [3.8, 4) is 0 Å². The maximum absolute atomic E-state index is 9.58. The second-order valence-corrected chi connectivity index (χ2v) is 7.56. The minimum Gasteiger partial charge on any atom is -0.396 e. The van der Waals surface area contributed by atoms with E-state index in [1.54, 1.807) is 10.7 Å². The number of nitrogens with zero attached hydrogens (tertiary/aromatic N) is 3. The van der Waals surface area contributed by atoms with Crippen molar-refractivity contribution < 1.29 is 5.11 Å². The molecule has 2 atom stereocenters. The zero-order valence-corrected chi connectivity index (χ0v) is 17.1. The first-order valence-corrected chi connectivity index (χ1v) is 10.1. The molecule has 2 aromatic heterocycles. The Hall–Kier alpha value is -2.12. The lowest BCUT2D eigenvalue weighted by molar-refractivity contribution is 0.222. The van der Waals surface area contributed by atoms with Crippen molar-refractivity contribution in [3.05, 3.63) is 53.2 Å². The van der Waals surface area contributed by atoms with Crippen LogP contribution in [0, 0.1) is 5.92 Å². The first-order chi connectivity index (χ1) is 13.2. The molecule has 0 unspecified atom stereocenters. The Bertz CT molecular complexity index is 857. The number of hydrogen-bond acceptors (Lipinski definition) is 5. The van der Waals surface area contributed by atoms with Crippen LogP contribution in [0.15, 0.2) is 53.2 Å². The van der Waals surface area contributed by atoms with Gasteiger partial charge in [-0.1, -0.05) is 37.3 Å². The molecule has 1 fully saturated rings. The van der Waals surface area contributed by atoms with Crippen LogP contribution in [0.3, 0.4) is 0 Å². The summed E-state index contributed by atoms with van der Waals surface area (Å²) >= 11 is 3.52. The summed E-state index contributed by atoms with van der Waals surface area (Å²) in [7, 11) is 0. The third-order valence-corrected chi connectivity index (χ3v) is 5.45. The van der Waals surface area contributed by atoms with Gasteiger partial charge in [-0.3, -0.25) is 0 Å². The number of aromatic nitrogens is 3. The fraction of sp³-hybridized carbons (Fsp3) is 0.400. The van der Waals surface area contributed by atoms with Gasteiger partial charge in [-0.25, -0.2) is 4.98 Å². The van der Waals surface area contributed by atoms with Crippen molar-refractivity contribution >= 4 is 33.2 Å². The van der Waals surface area contributed by atoms with Gasteiger partial charge >= 0.3 is 0 Å². The molecule has 0 saturated heterocycles. The van der Waals surface area contributed by atoms with E-state index in [0.29, 0.717) is 6.54 Å². The maximum atomic E-state index is 9.58. The summed E-state index contributed by atoms with van der Waals surface area (Å²) in [5, 5.41) is 20.9. The number of hydrogen-bond donors (Lipinski definition) is 3. The third kappa shape index (κ3) is 4.59. The lowest BCUT2D eigenvalue weighted by atomic mass is 10.1. The normalized spacial score (nSPS) is 20.5. The Labute approximate surface area is 168 Å². The number of halogens is 1. The van der Waals surface area contributed by atoms with E-state index in [1.807, 2.05) is 37.3 Å². The van der Waals surface area contributed by atoms with Gasteiger partial charge in [0.25, 0.3) is 0 Å². The molecule has 7 heteroatoms. The number of aliphatic hydroxyl groups excluding tert-OH is 1. The van der Waals surface area contributed by atoms with Crippen molar-refractivity contribution in [2.24, 2.45) is 5.92 Å². The Morgan fingerprint density at radius 1 is 1.48 bits per heavy atom. The summed E-state index contributed by atoms with van der Waals surface area (Å²) in [6.45, 7) is 6.70. The van der Waals surface area contributed by atoms with Crippen molar-refractivity contribution in [1.29, 1.82) is 0 Å². The molecule has 1 saturated carbocycles. The number of allylic oxidation sites excluding steroid dienone is 3. The molecule has 27 heavy (non-hydrogen) atoms. The molecule has 1 aliphatic carbocycles. The zero-order chi connectivity index (χ0) is 19.2. The largest absolute Gasteiger partial charge is 0.396 e. The van der Waals surface area contributed by atoms with Gasteiger partial charge in [-0.15, -0.1) is 0 Å². The van der Waals surface area contributed by atoms with Crippen LogP contribution in [0.25, 0.3) is 5.65 Å². The molecule has 2 heterocycles. The predicted molar refractivity (Wildman–Crippen MR) is 114 cm³/mol. The van der Waals surface area contributed by atoms with Crippen LogP contribution >= 0.6 is 15.9 Å². The molecule has 0 aliphatic heterocycles. The van der Waals surface area contributed by atoms with E-state index in [4.69, 9.17) is 4.98 Å². The summed E-state index contributed by atoms with van der Waals surface area (Å²) in [6.07, 6.45) is 12.8. The van der Waals surface area contributed by atoms with E-state index in [2.05, 4.69) is 38.2 Å². The molecule has 0 radical (unpaired) electrons. The first kappa shape index (κ1) is 19.6. The van der Waals surface area contributed by atoms with Crippen molar-refractivity contribution in [2.75, 3.05) is 23.8 Å². The van der Waals surface area contributed by atoms with Gasteiger partial charge in [0.05, 0.1) is 10.7 Å². The number of aliphatic hydroxyl groups is 1. The fourth-order valence-corrected chi connectivity index (χ4v) is 3.73. The highest BCUT2D eigenvalue weighted by molar-refractivity contribution is 9.10. The lowest BCUT2D eigenvalue weighted by Gasteiger charge is -2.20. The number of anilines is 2. The molecule has 3 N–H and O–H groups in total. The van der Waals surface area contributed by atoms with E-state index in [0.717, 1.165) is 46.6 Å². The molecule has 144 valence electrons. The molecular formula is C20H26BrN5O. The van der Waals surface area contributed by atoms with Crippen LogP contribution in [0.5, 0.6) is 0 Å². The summed E-state index contributed by atoms with van der Waals surface area (Å²) in [4.78, 5) is 4.70. The molecular weight excluding hydrogens is 406 g/mol. The molecule has 2 aromatic rings. The minimum absolute atomic E-state index is 0.208. The van der Waals surface area contributed by atoms with Crippen LogP contribution in [0.4, 0.5) is 11.6 Å². The molecule has 6 nitrogen and oxygen atoms in total. The van der Waals surface area contributed by atoms with Gasteiger partial charge in [-0.05, 0) is 41.3 Å². The molecule has 0 amide bonds. The van der Waals surface area contributed by atoms with Gasteiger partial charge in [0.15, 0.2) is 5.65 Å². The molecule has 0 bridgehead atoms. The van der Waals surface area contributed by atoms with E-state index in [1.165, 1.54) is 0 Å². The minimum atomic E-state index is 0.208. The number of fused-ring (bicyclic) bond motifs is 1. The third-order valence-electron chi connectivity index (χ3n) is 4.89. The van der Waals surface area contributed by atoms with E-state index in [-0.39, 0.29) is 18.6 Å². The van der Waals surface area contributed by atoms with Crippen molar-refractivity contribution in [3.63, 3.8) is 0 Å². The van der Waals surface area contributed by atoms with Crippen molar-refractivity contribution in [2.45, 2.75) is 32.2 Å². The number of rotatable bonds is 8. The number of nitrogens with one attached hydrogen (secondary N) is 2. The average Bonchev–Trinajstić information content (AvgIpc) is 3.28. The van der Waals surface area contributed by atoms with Crippen LogP contribution in [0.2, 0.25) is 0 Å². The predicted octanol–water partition coefficient (Wildman–Crippen LogP) is 4.17. The van der Waals surface area contributed by atoms with Crippen LogP contribution in [-0.2, 0) is 0 Å². The quantitative estimate of drug-likeness (QED) is 0.547. The summed E-state index contributed by atoms with van der Waals surface area (Å²) < 4.78 is 2.62. The standard InChI is InChI=1S/C20H26BrN5O/c1-3-5-7-14(4-2)11-22-19-10-18(24-17-9-6-8-15(17)13-27)25-20-16(21)12-23-26(19)20/h3-5,7,10,12,15,17,22,27H,2,6,8-9,11,13H2,1H3,(H,24,25)/b5-3-,14-7+/t15-,17-/m1/s1. The monoisotopic (exact) mass is 431 g/mol. The lowest BCUT2D eigenvalue weighted by Crippen LogP contribution is -2.27. The van der Waals surface area contributed by atoms with E-state index < -0.39 is 0 Å². The van der Waals surface area contributed by atoms with Gasteiger partial charge in [0.2, 0.25) is 0 Å². The summed E-state index contributed by atoms with van der Waals surface area (Å²) in [5.74, 6) is 1.91. The fourth-order valence-electron chi connectivity index (χ4n) is 3.38. The SMILES string of the molecule is C=C/C(=C\C=C/C)CNc1cc(N[C@@H]2CCC[C@@H]2CO)nc2c(Br)cnn12. The molecule has 3 rings (SSSR count). The Morgan fingerprint density at radius 2 is 2.33 bits per heavy atom. The van der Waals surface area contributed by atoms with Gasteiger partial charge in [0, 0.05) is 31.2 Å². The topological polar surface area (TPSA) is 74.5 Å². The highest BCUT2D eigenvalue weighted by atomic mass is 79.9. The second-order valence-electron chi connectivity index (χ2n) is 6.70. The van der Waals surface area contributed by atoms with Gasteiger partial charge < -0.3 is 15.7 Å². The van der Waals surface area contributed by atoms with E-state index in [9.17, 15) is 5.11 Å². The smallest absolute Gasteiger partial charge is 0.173 e. The Kier molecular flexibility index (Phi) is 6.68. The molecule has 1 aliphatic rings. The van der Waals surface area contributed by atoms with Crippen LogP contribution < -0.4 is 10.6 Å². The highest BCUT2D eigenvalue weighted by Gasteiger charge is 2.27. The first-order valence-electron chi connectivity index (χ1n) is 9.26. The maximum Gasteiger partial charge on any atom is 0.173 e. The van der Waals surface area contributed by atoms with Gasteiger partial charge in [-0.2, -0.15) is 9.61 Å². The second kappa shape index (κ2) is 9.19. The highest BCUT2D eigenvalue weighted by Crippen LogP contribution is 2.29.